The van der Waals surface area contributed by atoms with Crippen LogP contribution in [0.2, 0.25) is 0 Å². The Bertz CT molecular complexity index is 426. The van der Waals surface area contributed by atoms with E-state index in [-0.39, 0.29) is 16.2 Å². The van der Waals surface area contributed by atoms with Gasteiger partial charge in [-0.05, 0) is 18.1 Å². The van der Waals surface area contributed by atoms with Crippen molar-refractivity contribution in [3.05, 3.63) is 29.3 Å². The Balaban J connectivity index is 3.06. The number of nitrogens with zero attached hydrogens (tertiary/aromatic N) is 1. The fourth-order valence-corrected chi connectivity index (χ4v) is 1.88. The van der Waals surface area contributed by atoms with E-state index >= 15 is 0 Å². The molecule has 1 unspecified atom stereocenters. The fraction of sp³-hybridized carbons (Fsp3) is 0.462. The molecule has 0 aliphatic carbocycles. The van der Waals surface area contributed by atoms with Crippen LogP contribution in [0.15, 0.2) is 12.1 Å². The summed E-state index contributed by atoms with van der Waals surface area (Å²) in [5.74, 6) is -0.906. The molecular weight excluding hydrogens is 254 g/mol. The van der Waals surface area contributed by atoms with Crippen molar-refractivity contribution in [2.24, 2.45) is 11.7 Å². The van der Waals surface area contributed by atoms with Gasteiger partial charge < -0.3 is 10.6 Å². The third kappa shape index (κ3) is 3.38. The van der Waals surface area contributed by atoms with E-state index in [1.54, 1.807) is 11.9 Å². The van der Waals surface area contributed by atoms with Gasteiger partial charge in [-0.1, -0.05) is 32.5 Å². The van der Waals surface area contributed by atoms with Crippen molar-refractivity contribution in [3.63, 3.8) is 0 Å². The zero-order chi connectivity index (χ0) is 13.9. The first-order valence-electron chi connectivity index (χ1n) is 5.86. The predicted molar refractivity (Wildman–Crippen MR) is 75.0 cm³/mol. The number of hydrogen-bond donors (Lipinski definition) is 1. The van der Waals surface area contributed by atoms with Crippen LogP contribution >= 0.6 is 12.2 Å². The van der Waals surface area contributed by atoms with Crippen molar-refractivity contribution in [3.8, 4) is 0 Å². The van der Waals surface area contributed by atoms with Crippen LogP contribution in [0.4, 0.5) is 14.5 Å². The van der Waals surface area contributed by atoms with Gasteiger partial charge in [-0.2, -0.15) is 0 Å². The molecule has 0 aliphatic rings. The van der Waals surface area contributed by atoms with Crippen molar-refractivity contribution in [1.29, 1.82) is 0 Å². The lowest BCUT2D eigenvalue weighted by molar-refractivity contribution is 0.533. The molecule has 0 heterocycles. The normalized spacial score (nSPS) is 12.3. The van der Waals surface area contributed by atoms with Crippen molar-refractivity contribution in [1.82, 2.24) is 0 Å². The largest absolute Gasteiger partial charge is 0.389 e. The molecule has 0 bridgehead atoms. The summed E-state index contributed by atoms with van der Waals surface area (Å²) in [6.07, 6.45) is 0.957. The van der Waals surface area contributed by atoms with E-state index in [9.17, 15) is 8.78 Å². The molecule has 0 fully saturated rings. The van der Waals surface area contributed by atoms with Crippen molar-refractivity contribution in [2.75, 3.05) is 18.5 Å². The first-order chi connectivity index (χ1) is 8.36. The highest BCUT2D eigenvalue weighted by atomic mass is 32.1. The van der Waals surface area contributed by atoms with Crippen LogP contribution < -0.4 is 10.6 Å². The maximum Gasteiger partial charge on any atom is 0.150 e. The van der Waals surface area contributed by atoms with Gasteiger partial charge in [0, 0.05) is 19.2 Å². The molecule has 0 saturated heterocycles. The first-order valence-corrected chi connectivity index (χ1v) is 6.27. The van der Waals surface area contributed by atoms with Gasteiger partial charge in [0.2, 0.25) is 0 Å². The molecule has 0 aromatic heterocycles. The fourth-order valence-electron chi connectivity index (χ4n) is 1.76. The van der Waals surface area contributed by atoms with E-state index in [1.807, 2.05) is 13.8 Å². The Morgan fingerprint density at radius 2 is 1.89 bits per heavy atom. The highest BCUT2D eigenvalue weighted by Crippen LogP contribution is 2.25. The van der Waals surface area contributed by atoms with Gasteiger partial charge in [-0.25, -0.2) is 8.78 Å². The lowest BCUT2D eigenvalue weighted by atomic mass is 10.1. The smallest absolute Gasteiger partial charge is 0.150 e. The Kier molecular flexibility index (Phi) is 5.02. The number of hydrogen-bond acceptors (Lipinski definition) is 2. The second kappa shape index (κ2) is 6.09. The zero-order valence-corrected chi connectivity index (χ0v) is 11.7. The van der Waals surface area contributed by atoms with E-state index in [2.05, 4.69) is 0 Å². The average molecular weight is 272 g/mol. The Morgan fingerprint density at radius 3 is 2.28 bits per heavy atom. The standard InChI is InChI=1S/C13H18F2N2S/c1-4-8(2)7-17(3)12-10(14)5-9(13(16)18)6-11(12)15/h5-6,8H,4,7H2,1-3H3,(H2,16,18). The number of halogens is 2. The number of benzene rings is 1. The molecule has 1 atom stereocenters. The molecule has 0 spiro atoms. The van der Waals surface area contributed by atoms with Gasteiger partial charge >= 0.3 is 0 Å². The number of thiocarbonyl (C=S) groups is 1. The molecule has 5 heteroatoms. The average Bonchev–Trinajstić information content (AvgIpc) is 2.27. The lowest BCUT2D eigenvalue weighted by Crippen LogP contribution is -2.26. The van der Waals surface area contributed by atoms with Gasteiger partial charge in [0.25, 0.3) is 0 Å². The van der Waals surface area contributed by atoms with Crippen molar-refractivity contribution in [2.45, 2.75) is 20.3 Å². The molecule has 1 aromatic rings. The van der Waals surface area contributed by atoms with Gasteiger partial charge in [-0.15, -0.1) is 0 Å². The van der Waals surface area contributed by atoms with Crippen LogP contribution in [0.25, 0.3) is 0 Å². The molecular formula is C13H18F2N2S. The summed E-state index contributed by atoms with van der Waals surface area (Å²) in [4.78, 5) is 1.58. The summed E-state index contributed by atoms with van der Waals surface area (Å²) < 4.78 is 27.8. The Hall–Kier alpha value is -1.23. The molecule has 1 rings (SSSR count). The van der Waals surface area contributed by atoms with Gasteiger partial charge in [0.1, 0.15) is 22.3 Å². The van der Waals surface area contributed by atoms with Crippen LogP contribution in [-0.2, 0) is 0 Å². The molecule has 0 amide bonds. The van der Waals surface area contributed by atoms with Gasteiger partial charge in [0.15, 0.2) is 0 Å². The third-order valence-corrected chi connectivity index (χ3v) is 3.20. The molecule has 0 aliphatic heterocycles. The van der Waals surface area contributed by atoms with Crippen molar-refractivity contribution >= 4 is 22.9 Å². The molecule has 1 aromatic carbocycles. The van der Waals surface area contributed by atoms with E-state index in [1.165, 1.54) is 12.1 Å². The van der Waals surface area contributed by atoms with Crippen LogP contribution in [0, 0.1) is 17.6 Å². The minimum Gasteiger partial charge on any atom is -0.389 e. The van der Waals surface area contributed by atoms with E-state index < -0.39 is 11.6 Å². The van der Waals surface area contributed by atoms with Gasteiger partial charge in [-0.3, -0.25) is 0 Å². The predicted octanol–water partition coefficient (Wildman–Crippen LogP) is 3.08. The van der Waals surface area contributed by atoms with Gasteiger partial charge in [0.05, 0.1) is 0 Å². The summed E-state index contributed by atoms with van der Waals surface area (Å²) in [5, 5.41) is 0. The highest BCUT2D eigenvalue weighted by molar-refractivity contribution is 7.80. The molecule has 18 heavy (non-hydrogen) atoms. The number of nitrogens with two attached hydrogens (primary N) is 1. The summed E-state index contributed by atoms with van der Waals surface area (Å²) >= 11 is 4.71. The minimum absolute atomic E-state index is 0.0103. The topological polar surface area (TPSA) is 29.3 Å². The second-order valence-corrected chi connectivity index (χ2v) is 4.99. The monoisotopic (exact) mass is 272 g/mol. The minimum atomic E-state index is -0.636. The Labute approximate surface area is 112 Å². The van der Waals surface area contributed by atoms with Crippen LogP contribution in [0.1, 0.15) is 25.8 Å². The first kappa shape index (κ1) is 14.8. The van der Waals surface area contributed by atoms with Crippen LogP contribution in [0.3, 0.4) is 0 Å². The zero-order valence-electron chi connectivity index (χ0n) is 10.8. The second-order valence-electron chi connectivity index (χ2n) is 4.55. The molecule has 0 saturated carbocycles. The summed E-state index contributed by atoms with van der Waals surface area (Å²) in [5.41, 5.74) is 5.54. The quantitative estimate of drug-likeness (QED) is 0.835. The Morgan fingerprint density at radius 1 is 1.39 bits per heavy atom. The number of rotatable bonds is 5. The van der Waals surface area contributed by atoms with Crippen LogP contribution in [0.5, 0.6) is 0 Å². The van der Waals surface area contributed by atoms with Crippen LogP contribution in [-0.4, -0.2) is 18.6 Å². The maximum absolute atomic E-state index is 13.9. The molecule has 0 radical (unpaired) electrons. The van der Waals surface area contributed by atoms with E-state index in [4.69, 9.17) is 18.0 Å². The summed E-state index contributed by atoms with van der Waals surface area (Å²) in [6, 6.07) is 2.35. The third-order valence-electron chi connectivity index (χ3n) is 2.97. The lowest BCUT2D eigenvalue weighted by Gasteiger charge is -2.24. The number of anilines is 1. The SMILES string of the molecule is CCC(C)CN(C)c1c(F)cc(C(N)=S)cc1F. The molecule has 2 nitrogen and oxygen atoms in total. The van der Waals surface area contributed by atoms with E-state index in [0.29, 0.717) is 12.5 Å². The van der Waals surface area contributed by atoms with E-state index in [0.717, 1.165) is 6.42 Å². The summed E-state index contributed by atoms with van der Waals surface area (Å²) in [6.45, 7) is 4.67. The summed E-state index contributed by atoms with van der Waals surface area (Å²) in [7, 11) is 1.67. The maximum atomic E-state index is 13.9. The molecule has 2 N–H and O–H groups in total. The van der Waals surface area contributed by atoms with Crippen molar-refractivity contribution < 1.29 is 8.78 Å². The molecule has 100 valence electrons. The highest BCUT2D eigenvalue weighted by Gasteiger charge is 2.17.